The molecule has 0 aliphatic rings. The van der Waals surface area contributed by atoms with Crippen molar-refractivity contribution < 1.29 is 0 Å². The normalized spacial score (nSPS) is 11.8. The molecule has 0 N–H and O–H groups in total. The predicted octanol–water partition coefficient (Wildman–Crippen LogP) is 17.2. The van der Waals surface area contributed by atoms with Crippen molar-refractivity contribution in [2.45, 2.75) is 0 Å². The molecule has 0 saturated heterocycles. The number of rotatable bonds is 5. The Kier molecular flexibility index (Phi) is 8.34. The van der Waals surface area contributed by atoms with Gasteiger partial charge in [0, 0.05) is 0 Å². The van der Waals surface area contributed by atoms with Gasteiger partial charge in [-0.2, -0.15) is 0 Å². The van der Waals surface area contributed by atoms with Gasteiger partial charge in [0.25, 0.3) is 0 Å². The molecule has 0 radical (unpaired) electrons. The van der Waals surface area contributed by atoms with Crippen LogP contribution in [0.25, 0.3) is 129 Å². The van der Waals surface area contributed by atoms with Crippen molar-refractivity contribution in [1.82, 2.24) is 0 Å². The summed E-state index contributed by atoms with van der Waals surface area (Å²) < 4.78 is 2.91. The van der Waals surface area contributed by atoms with Gasteiger partial charge in [-0.15, -0.1) is 0 Å². The second-order valence-electron chi connectivity index (χ2n) is 16.6. The summed E-state index contributed by atoms with van der Waals surface area (Å²) in [6.07, 6.45) is 0. The van der Waals surface area contributed by atoms with Crippen LogP contribution >= 0.6 is 0 Å². The van der Waals surface area contributed by atoms with E-state index >= 15 is 0 Å². The Morgan fingerprint density at radius 2 is 0.603 bits per heavy atom. The van der Waals surface area contributed by atoms with Crippen LogP contribution < -0.4 is 0 Å². The first-order chi connectivity index (χ1) is 31.3. The summed E-state index contributed by atoms with van der Waals surface area (Å²) in [6.45, 7) is 0. The predicted molar refractivity (Wildman–Crippen MR) is 273 cm³/mol. The number of hydrogen-bond acceptors (Lipinski definition) is 0. The zero-order chi connectivity index (χ0) is 41.4. The summed E-state index contributed by atoms with van der Waals surface area (Å²) in [6, 6.07) is 85.8. The second-order valence-corrected chi connectivity index (χ2v) is 18.8. The van der Waals surface area contributed by atoms with Gasteiger partial charge < -0.3 is 0 Å². The molecule has 63 heavy (non-hydrogen) atoms. The van der Waals surface area contributed by atoms with E-state index < -0.39 is 0 Å². The maximum atomic E-state index is 2.49. The van der Waals surface area contributed by atoms with Crippen molar-refractivity contribution in [3.8, 4) is 55.6 Å². The van der Waals surface area contributed by atoms with Gasteiger partial charge in [0.05, 0.1) is 0 Å². The molecule has 0 bridgehead atoms. The molecule has 1 aromatic heterocycles. The van der Waals surface area contributed by atoms with Crippen LogP contribution in [-0.2, 0) is 0 Å². The van der Waals surface area contributed by atoms with Gasteiger partial charge in [0.1, 0.15) is 0 Å². The van der Waals surface area contributed by atoms with E-state index in [2.05, 4.69) is 231 Å². The Morgan fingerprint density at radius 1 is 0.206 bits per heavy atom. The minimum Gasteiger partial charge on any atom is -0.0617 e. The average Bonchev–Trinajstić information content (AvgIpc) is 3.73. The first kappa shape index (κ1) is 36.1. The van der Waals surface area contributed by atoms with E-state index in [9.17, 15) is 0 Å². The molecule has 0 spiro atoms. The first-order valence-electron chi connectivity index (χ1n) is 21.8. The molecule has 0 atom stereocenters. The molecule has 0 aliphatic carbocycles. The number of benzene rings is 12. The summed E-state index contributed by atoms with van der Waals surface area (Å²) in [5.41, 5.74) is 12.8. The summed E-state index contributed by atoms with van der Waals surface area (Å²) >= 11 is 0.130. The molecule has 13 aromatic rings. The molecule has 0 aliphatic heterocycles. The Labute approximate surface area is 371 Å². The minimum absolute atomic E-state index is 0.130. The van der Waals surface area contributed by atoms with Gasteiger partial charge >= 0.3 is 356 Å². The quantitative estimate of drug-likeness (QED) is 0.119. The zero-order valence-electron chi connectivity index (χ0n) is 34.3. The summed E-state index contributed by atoms with van der Waals surface area (Å²) in [4.78, 5) is 0. The standard InChI is InChI=1S/C62H38Se/c1-3-18-39(19-4-1)42-35-36-53(44-23-8-7-22-43(42)44)60-49-28-13-15-30-51(49)61(52-31-16-14-29-50(52)60)55-33-17-32-54-56-38-41(34-37-57(56)63-62(54)55)59-47-26-11-9-24-45(47)58(40-20-5-2-6-21-40)46-25-10-12-27-48(46)59/h1-38H. The van der Waals surface area contributed by atoms with E-state index in [1.54, 1.807) is 0 Å². The topological polar surface area (TPSA) is 0 Å². The Hall–Kier alpha value is -7.54. The van der Waals surface area contributed by atoms with Crippen LogP contribution in [0.1, 0.15) is 0 Å². The molecule has 1 heteroatoms. The minimum atomic E-state index is 0.130. The number of fused-ring (bicyclic) bond motifs is 8. The van der Waals surface area contributed by atoms with Crippen molar-refractivity contribution in [2.75, 3.05) is 0 Å². The summed E-state index contributed by atoms with van der Waals surface area (Å²) in [7, 11) is 0. The third kappa shape index (κ3) is 5.61. The van der Waals surface area contributed by atoms with E-state index in [1.165, 1.54) is 129 Å². The van der Waals surface area contributed by atoms with E-state index in [0.29, 0.717) is 0 Å². The van der Waals surface area contributed by atoms with Crippen molar-refractivity contribution in [1.29, 1.82) is 0 Å². The SMILES string of the molecule is c1ccc(-c2ccc(-c3c4ccccc4c(-c4cccc5c4[se]c4ccc(-c6c7ccccc7c(-c7ccccc7)c7ccccc67)cc45)c4ccccc34)c3ccccc23)cc1. The average molecular weight is 862 g/mol. The van der Waals surface area contributed by atoms with Crippen LogP contribution in [-0.4, -0.2) is 14.5 Å². The van der Waals surface area contributed by atoms with Crippen molar-refractivity contribution >= 4 is 87.7 Å². The van der Waals surface area contributed by atoms with Crippen LogP contribution in [0.5, 0.6) is 0 Å². The van der Waals surface area contributed by atoms with E-state index in [4.69, 9.17) is 0 Å². The second kappa shape index (κ2) is 14.5. The Morgan fingerprint density at radius 3 is 1.14 bits per heavy atom. The third-order valence-corrected chi connectivity index (χ3v) is 15.8. The molecule has 12 aromatic carbocycles. The monoisotopic (exact) mass is 862 g/mol. The van der Waals surface area contributed by atoms with Crippen molar-refractivity contribution in [3.05, 3.63) is 231 Å². The van der Waals surface area contributed by atoms with Gasteiger partial charge in [-0.25, -0.2) is 0 Å². The molecular formula is C62H38Se. The van der Waals surface area contributed by atoms with Crippen LogP contribution in [0, 0.1) is 0 Å². The van der Waals surface area contributed by atoms with E-state index in [0.717, 1.165) is 0 Å². The molecular weight excluding hydrogens is 824 g/mol. The Bertz CT molecular complexity index is 3840. The molecule has 0 amide bonds. The van der Waals surface area contributed by atoms with Crippen molar-refractivity contribution in [2.24, 2.45) is 0 Å². The molecule has 0 fully saturated rings. The van der Waals surface area contributed by atoms with Crippen LogP contribution in [0.4, 0.5) is 0 Å². The van der Waals surface area contributed by atoms with Crippen LogP contribution in [0.2, 0.25) is 0 Å². The van der Waals surface area contributed by atoms with Gasteiger partial charge in [0.15, 0.2) is 0 Å². The van der Waals surface area contributed by atoms with Gasteiger partial charge in [-0.05, 0) is 0 Å². The van der Waals surface area contributed by atoms with Crippen LogP contribution in [0.3, 0.4) is 0 Å². The van der Waals surface area contributed by atoms with E-state index in [-0.39, 0.29) is 14.5 Å². The van der Waals surface area contributed by atoms with Gasteiger partial charge in [0.2, 0.25) is 0 Å². The fourth-order valence-electron chi connectivity index (χ4n) is 10.6. The summed E-state index contributed by atoms with van der Waals surface area (Å²) in [5, 5.41) is 15.5. The van der Waals surface area contributed by atoms with Crippen molar-refractivity contribution in [3.63, 3.8) is 0 Å². The maximum absolute atomic E-state index is 2.49. The molecule has 292 valence electrons. The molecule has 13 rings (SSSR count). The van der Waals surface area contributed by atoms with Crippen LogP contribution in [0.15, 0.2) is 231 Å². The van der Waals surface area contributed by atoms with E-state index in [1.807, 2.05) is 0 Å². The first-order valence-corrected chi connectivity index (χ1v) is 23.5. The Balaban J connectivity index is 1.04. The number of hydrogen-bond donors (Lipinski definition) is 0. The van der Waals surface area contributed by atoms with Gasteiger partial charge in [-0.3, -0.25) is 0 Å². The molecule has 0 nitrogen and oxygen atoms in total. The molecule has 0 saturated carbocycles. The fourth-order valence-corrected chi connectivity index (χ4v) is 13.1. The van der Waals surface area contributed by atoms with Gasteiger partial charge in [-0.1, -0.05) is 18.2 Å². The molecule has 1 heterocycles. The molecule has 0 unspecified atom stereocenters. The summed E-state index contributed by atoms with van der Waals surface area (Å²) in [5.74, 6) is 0. The zero-order valence-corrected chi connectivity index (χ0v) is 36.1. The smallest absolute Gasteiger partial charge is 0.0617 e. The fraction of sp³-hybridized carbons (Fsp3) is 0. The third-order valence-electron chi connectivity index (χ3n) is 13.3.